The number of benzene rings is 2. The van der Waals surface area contributed by atoms with E-state index < -0.39 is 9.84 Å². The molecule has 4 nitrogen and oxygen atoms in total. The van der Waals surface area contributed by atoms with Crippen molar-refractivity contribution in [3.05, 3.63) is 58.6 Å². The second-order valence-corrected chi connectivity index (χ2v) is 7.23. The van der Waals surface area contributed by atoms with E-state index in [9.17, 15) is 13.5 Å². The van der Waals surface area contributed by atoms with E-state index in [-0.39, 0.29) is 5.75 Å². The first-order chi connectivity index (χ1) is 9.86. The average Bonchev–Trinajstić information content (AvgIpc) is 2.42. The standard InChI is InChI=1S/C15H16ClNO3S/c1-21(19,20)13-5-2-11(3-6-13)9-17-10-12-4-7-15(18)14(16)8-12/h2-8,17-18H,9-10H2,1H3. The number of phenolic OH excluding ortho intramolecular Hbond substituents is 1. The first-order valence-corrected chi connectivity index (χ1v) is 8.60. The highest BCUT2D eigenvalue weighted by atomic mass is 35.5. The van der Waals surface area contributed by atoms with Crippen LogP contribution >= 0.6 is 11.6 Å². The van der Waals surface area contributed by atoms with Crippen LogP contribution in [0.4, 0.5) is 0 Å². The van der Waals surface area contributed by atoms with E-state index in [0.29, 0.717) is 23.0 Å². The van der Waals surface area contributed by atoms with Crippen LogP contribution in [0.3, 0.4) is 0 Å². The first kappa shape index (κ1) is 15.8. The molecule has 0 fully saturated rings. The summed E-state index contributed by atoms with van der Waals surface area (Å²) >= 11 is 5.84. The summed E-state index contributed by atoms with van der Waals surface area (Å²) in [6, 6.07) is 11.8. The van der Waals surface area contributed by atoms with Gasteiger partial charge in [-0.05, 0) is 35.4 Å². The van der Waals surface area contributed by atoms with Crippen LogP contribution in [0.1, 0.15) is 11.1 Å². The SMILES string of the molecule is CS(=O)(=O)c1ccc(CNCc2ccc(O)c(Cl)c2)cc1. The van der Waals surface area contributed by atoms with Crippen molar-refractivity contribution in [3.8, 4) is 5.75 Å². The van der Waals surface area contributed by atoms with Gasteiger partial charge in [0.25, 0.3) is 0 Å². The molecule has 0 bridgehead atoms. The molecule has 2 rings (SSSR count). The molecule has 0 unspecified atom stereocenters. The van der Waals surface area contributed by atoms with Gasteiger partial charge in [0.2, 0.25) is 0 Å². The fourth-order valence-corrected chi connectivity index (χ4v) is 2.70. The summed E-state index contributed by atoms with van der Waals surface area (Å²) < 4.78 is 22.7. The second kappa shape index (κ2) is 6.47. The summed E-state index contributed by atoms with van der Waals surface area (Å²) in [6.45, 7) is 1.22. The Morgan fingerprint density at radius 1 is 1.05 bits per heavy atom. The lowest BCUT2D eigenvalue weighted by Crippen LogP contribution is -2.12. The van der Waals surface area contributed by atoms with E-state index >= 15 is 0 Å². The zero-order valence-electron chi connectivity index (χ0n) is 11.5. The minimum absolute atomic E-state index is 0.0665. The summed E-state index contributed by atoms with van der Waals surface area (Å²) in [5.74, 6) is 0.0665. The van der Waals surface area contributed by atoms with Gasteiger partial charge in [-0.3, -0.25) is 0 Å². The molecular formula is C15H16ClNO3S. The Bertz CT molecular complexity index is 727. The largest absolute Gasteiger partial charge is 0.506 e. The molecule has 0 aliphatic heterocycles. The molecule has 0 heterocycles. The van der Waals surface area contributed by atoms with Crippen molar-refractivity contribution in [2.24, 2.45) is 0 Å². The molecular weight excluding hydrogens is 310 g/mol. The second-order valence-electron chi connectivity index (χ2n) is 4.81. The summed E-state index contributed by atoms with van der Waals surface area (Å²) in [5.41, 5.74) is 1.96. The molecule has 21 heavy (non-hydrogen) atoms. The maximum Gasteiger partial charge on any atom is 0.175 e. The number of aromatic hydroxyl groups is 1. The molecule has 0 spiro atoms. The highest BCUT2D eigenvalue weighted by Crippen LogP contribution is 2.23. The summed E-state index contributed by atoms with van der Waals surface area (Å²) in [4.78, 5) is 0.316. The predicted octanol–water partition coefficient (Wildman–Crippen LogP) is 2.74. The van der Waals surface area contributed by atoms with Gasteiger partial charge in [-0.2, -0.15) is 0 Å². The van der Waals surface area contributed by atoms with Crippen LogP contribution in [-0.4, -0.2) is 19.8 Å². The molecule has 0 amide bonds. The number of rotatable bonds is 5. The van der Waals surface area contributed by atoms with Crippen LogP contribution in [0.15, 0.2) is 47.4 Å². The monoisotopic (exact) mass is 325 g/mol. The topological polar surface area (TPSA) is 66.4 Å². The fourth-order valence-electron chi connectivity index (χ4n) is 1.87. The van der Waals surface area contributed by atoms with E-state index in [0.717, 1.165) is 11.1 Å². The molecule has 2 N–H and O–H groups in total. The van der Waals surface area contributed by atoms with E-state index in [1.54, 1.807) is 42.5 Å². The van der Waals surface area contributed by atoms with Gasteiger partial charge in [-0.1, -0.05) is 29.8 Å². The minimum atomic E-state index is -3.15. The Morgan fingerprint density at radius 2 is 1.62 bits per heavy atom. The van der Waals surface area contributed by atoms with Crippen LogP contribution < -0.4 is 5.32 Å². The molecule has 0 radical (unpaired) electrons. The van der Waals surface area contributed by atoms with Crippen molar-refractivity contribution in [2.75, 3.05) is 6.26 Å². The Balaban J connectivity index is 1.93. The number of hydrogen-bond donors (Lipinski definition) is 2. The summed E-state index contributed by atoms with van der Waals surface area (Å²) in [7, 11) is -3.15. The van der Waals surface area contributed by atoms with Gasteiger partial charge in [-0.25, -0.2) is 8.42 Å². The number of hydrogen-bond acceptors (Lipinski definition) is 4. The lowest BCUT2D eigenvalue weighted by atomic mass is 10.2. The quantitative estimate of drug-likeness (QED) is 0.887. The molecule has 0 saturated carbocycles. The molecule has 2 aromatic rings. The van der Waals surface area contributed by atoms with Crippen molar-refractivity contribution in [1.82, 2.24) is 5.32 Å². The molecule has 2 aromatic carbocycles. The van der Waals surface area contributed by atoms with Crippen LogP contribution in [0.2, 0.25) is 5.02 Å². The van der Waals surface area contributed by atoms with E-state index in [1.165, 1.54) is 6.26 Å². The highest BCUT2D eigenvalue weighted by Gasteiger charge is 2.06. The first-order valence-electron chi connectivity index (χ1n) is 6.33. The Hall–Kier alpha value is -1.56. The molecule has 0 aromatic heterocycles. The molecule has 0 aliphatic carbocycles. The lowest BCUT2D eigenvalue weighted by molar-refractivity contribution is 0.475. The number of nitrogens with one attached hydrogen (secondary N) is 1. The molecule has 6 heteroatoms. The third-order valence-electron chi connectivity index (χ3n) is 3.02. The molecule has 0 saturated heterocycles. The molecule has 0 aliphatic rings. The van der Waals surface area contributed by atoms with Gasteiger partial charge in [0, 0.05) is 19.3 Å². The lowest BCUT2D eigenvalue weighted by Gasteiger charge is -2.07. The summed E-state index contributed by atoms with van der Waals surface area (Å²) in [6.07, 6.45) is 1.19. The smallest absolute Gasteiger partial charge is 0.175 e. The molecule has 112 valence electrons. The fraction of sp³-hybridized carbons (Fsp3) is 0.200. The van der Waals surface area contributed by atoms with Crippen molar-refractivity contribution >= 4 is 21.4 Å². The van der Waals surface area contributed by atoms with Crippen LogP contribution in [-0.2, 0) is 22.9 Å². The van der Waals surface area contributed by atoms with Crippen LogP contribution in [0.25, 0.3) is 0 Å². The number of sulfone groups is 1. The maximum atomic E-state index is 11.4. The van der Waals surface area contributed by atoms with Gasteiger partial charge in [0.15, 0.2) is 9.84 Å². The van der Waals surface area contributed by atoms with Gasteiger partial charge in [-0.15, -0.1) is 0 Å². The Kier molecular flexibility index (Phi) is 4.88. The average molecular weight is 326 g/mol. The van der Waals surface area contributed by atoms with Crippen molar-refractivity contribution in [2.45, 2.75) is 18.0 Å². The van der Waals surface area contributed by atoms with E-state index in [2.05, 4.69) is 5.32 Å². The number of halogens is 1. The van der Waals surface area contributed by atoms with E-state index in [1.807, 2.05) is 0 Å². The normalized spacial score (nSPS) is 11.5. The van der Waals surface area contributed by atoms with Crippen molar-refractivity contribution in [3.63, 3.8) is 0 Å². The predicted molar refractivity (Wildman–Crippen MR) is 83.2 cm³/mol. The maximum absolute atomic E-state index is 11.4. The molecule has 0 atom stereocenters. The van der Waals surface area contributed by atoms with Crippen molar-refractivity contribution < 1.29 is 13.5 Å². The van der Waals surface area contributed by atoms with Gasteiger partial charge in [0.05, 0.1) is 9.92 Å². The van der Waals surface area contributed by atoms with Crippen LogP contribution in [0.5, 0.6) is 5.75 Å². The number of phenols is 1. The van der Waals surface area contributed by atoms with Gasteiger partial charge >= 0.3 is 0 Å². The Labute approximate surface area is 129 Å². The minimum Gasteiger partial charge on any atom is -0.506 e. The third-order valence-corrected chi connectivity index (χ3v) is 4.45. The van der Waals surface area contributed by atoms with Gasteiger partial charge in [0.1, 0.15) is 5.75 Å². The van der Waals surface area contributed by atoms with Gasteiger partial charge < -0.3 is 10.4 Å². The summed E-state index contributed by atoms with van der Waals surface area (Å²) in [5, 5.41) is 12.9. The zero-order valence-corrected chi connectivity index (χ0v) is 13.1. The zero-order chi connectivity index (χ0) is 15.5. The highest BCUT2D eigenvalue weighted by molar-refractivity contribution is 7.90. The van der Waals surface area contributed by atoms with Crippen LogP contribution in [0, 0.1) is 0 Å². The van der Waals surface area contributed by atoms with E-state index in [4.69, 9.17) is 11.6 Å². The Morgan fingerprint density at radius 3 is 2.19 bits per heavy atom. The third kappa shape index (κ3) is 4.46. The van der Waals surface area contributed by atoms with Crippen molar-refractivity contribution in [1.29, 1.82) is 0 Å².